The quantitative estimate of drug-likeness (QED) is 0.0640. The number of rotatable bonds is 10. The Bertz CT molecular complexity index is 1520. The fourth-order valence-electron chi connectivity index (χ4n) is 3.26. The molecule has 0 aromatic heterocycles. The lowest BCUT2D eigenvalue weighted by Crippen LogP contribution is -2.40. The molecule has 1 N–H and O–H groups in total. The van der Waals surface area contributed by atoms with Crippen LogP contribution < -0.4 is 24.4 Å². The number of esters is 1. The molecule has 0 heterocycles. The molecule has 0 radical (unpaired) electrons. The zero-order valence-electron chi connectivity index (χ0n) is 21.1. The van der Waals surface area contributed by atoms with Gasteiger partial charge in [-0.15, -0.1) is 0 Å². The van der Waals surface area contributed by atoms with Crippen molar-refractivity contribution in [2.45, 2.75) is 6.29 Å². The zero-order chi connectivity index (χ0) is 29.4. The molecular weight excluding hydrogens is 614 g/mol. The average molecular weight is 634 g/mol. The summed E-state index contributed by atoms with van der Waals surface area (Å²) in [6.45, 7) is 0. The molecule has 1 amide bonds. The predicted octanol–water partition coefficient (Wildman–Crippen LogP) is 7.46. The van der Waals surface area contributed by atoms with Crippen molar-refractivity contribution in [1.82, 2.24) is 5.43 Å². The zero-order valence-corrected chi connectivity index (χ0v) is 24.2. The van der Waals surface area contributed by atoms with E-state index in [1.165, 1.54) is 37.6 Å². The van der Waals surface area contributed by atoms with Crippen molar-refractivity contribution in [3.05, 3.63) is 116 Å². The topological polar surface area (TPSA) is 95.5 Å². The molecule has 0 bridgehead atoms. The Hall–Kier alpha value is -3.95. The van der Waals surface area contributed by atoms with E-state index in [2.05, 4.69) is 10.5 Å². The Kier molecular flexibility index (Phi) is 10.3. The maximum Gasteiger partial charge on any atom is 0.343 e. The van der Waals surface area contributed by atoms with Crippen LogP contribution in [0.3, 0.4) is 0 Å². The number of nitrogens with zero attached hydrogens (tertiary/aromatic N) is 1. The van der Waals surface area contributed by atoms with Crippen molar-refractivity contribution >= 4 is 64.5 Å². The number of amides is 1. The van der Waals surface area contributed by atoms with Crippen LogP contribution in [0.1, 0.15) is 15.9 Å². The van der Waals surface area contributed by atoms with Gasteiger partial charge in [-0.25, -0.2) is 10.2 Å². The Balaban J connectivity index is 1.44. The highest BCUT2D eigenvalue weighted by atomic mass is 35.5. The molecule has 0 aliphatic heterocycles. The number of hydrazone groups is 1. The summed E-state index contributed by atoms with van der Waals surface area (Å²) in [5, 5.41) is 5.54. The predicted molar refractivity (Wildman–Crippen MR) is 158 cm³/mol. The van der Waals surface area contributed by atoms with E-state index in [9.17, 15) is 9.59 Å². The number of hydrogen-bond acceptors (Lipinski definition) is 7. The number of carbonyl (C=O) groups excluding carboxylic acids is 2. The molecule has 210 valence electrons. The molecule has 4 aromatic carbocycles. The second kappa shape index (κ2) is 14.1. The van der Waals surface area contributed by atoms with Gasteiger partial charge in [0.25, 0.3) is 0 Å². The lowest BCUT2D eigenvalue weighted by atomic mass is 10.2. The van der Waals surface area contributed by atoms with Gasteiger partial charge >= 0.3 is 18.2 Å². The van der Waals surface area contributed by atoms with Crippen molar-refractivity contribution in [3.8, 4) is 23.0 Å². The van der Waals surface area contributed by atoms with Gasteiger partial charge in [0.2, 0.25) is 0 Å². The molecule has 0 saturated carbocycles. The van der Waals surface area contributed by atoms with Crippen molar-refractivity contribution < 1.29 is 28.5 Å². The van der Waals surface area contributed by atoms with Gasteiger partial charge in [0, 0.05) is 10.0 Å². The van der Waals surface area contributed by atoms with Gasteiger partial charge < -0.3 is 18.9 Å². The van der Waals surface area contributed by atoms with Gasteiger partial charge in [-0.2, -0.15) is 5.10 Å². The van der Waals surface area contributed by atoms with Crippen molar-refractivity contribution in [1.29, 1.82) is 0 Å². The lowest BCUT2D eigenvalue weighted by molar-refractivity contribution is -0.140. The second-order valence-electron chi connectivity index (χ2n) is 8.14. The molecule has 12 heteroatoms. The minimum Gasteiger partial charge on any atom is -0.493 e. The molecule has 4 rings (SSSR count). The van der Waals surface area contributed by atoms with Crippen LogP contribution in [0.4, 0.5) is 0 Å². The number of carbonyl (C=O) groups is 2. The number of methoxy groups -OCH3 is 1. The van der Waals surface area contributed by atoms with Crippen LogP contribution in [0, 0.1) is 0 Å². The van der Waals surface area contributed by atoms with Gasteiger partial charge in [-0.1, -0.05) is 46.4 Å². The summed E-state index contributed by atoms with van der Waals surface area (Å²) in [4.78, 5) is 25.5. The van der Waals surface area contributed by atoms with Crippen LogP contribution in [0.2, 0.25) is 20.1 Å². The molecule has 0 fully saturated rings. The minimum atomic E-state index is -1.40. The fourth-order valence-corrected chi connectivity index (χ4v) is 3.81. The van der Waals surface area contributed by atoms with E-state index in [1.807, 2.05) is 0 Å². The number of benzene rings is 4. The number of nitrogens with one attached hydrogen (secondary N) is 1. The first kappa shape index (κ1) is 30.0. The summed E-state index contributed by atoms with van der Waals surface area (Å²) in [7, 11) is 1.42. The monoisotopic (exact) mass is 632 g/mol. The highest BCUT2D eigenvalue weighted by Gasteiger charge is 2.23. The van der Waals surface area contributed by atoms with E-state index in [4.69, 9.17) is 65.4 Å². The Morgan fingerprint density at radius 1 is 0.756 bits per heavy atom. The van der Waals surface area contributed by atoms with Gasteiger partial charge in [-0.05, 0) is 90.5 Å². The standard InChI is InChI=1S/C29H20Cl4N2O6/c1-38-26-14-17(2-13-25(26)41-28(37)18-3-12-23(32)24(33)15-18)16-34-35-27(36)29(39-21-8-4-19(30)5-9-21)40-22-10-6-20(31)7-11-22/h2-16,29H,1H3,(H,35,36). The van der Waals surface area contributed by atoms with Crippen LogP contribution in [0.15, 0.2) is 90.0 Å². The van der Waals surface area contributed by atoms with Crippen molar-refractivity contribution in [2.75, 3.05) is 7.11 Å². The molecule has 0 saturated heterocycles. The smallest absolute Gasteiger partial charge is 0.343 e. The van der Waals surface area contributed by atoms with Crippen LogP contribution in [0.5, 0.6) is 23.0 Å². The van der Waals surface area contributed by atoms with E-state index in [1.54, 1.807) is 60.7 Å². The Labute approximate surface area is 255 Å². The summed E-state index contributed by atoms with van der Waals surface area (Å²) in [6, 6.07) is 21.9. The lowest BCUT2D eigenvalue weighted by Gasteiger charge is -2.19. The maximum absolute atomic E-state index is 12.9. The van der Waals surface area contributed by atoms with Crippen LogP contribution >= 0.6 is 46.4 Å². The highest BCUT2D eigenvalue weighted by Crippen LogP contribution is 2.29. The molecule has 0 atom stereocenters. The molecule has 8 nitrogen and oxygen atoms in total. The maximum atomic E-state index is 12.9. The van der Waals surface area contributed by atoms with Crippen LogP contribution in [-0.2, 0) is 4.79 Å². The SMILES string of the molecule is COc1cc(C=NNC(=O)C(Oc2ccc(Cl)cc2)Oc2ccc(Cl)cc2)ccc1OC(=O)c1ccc(Cl)c(Cl)c1. The summed E-state index contributed by atoms with van der Waals surface area (Å²) >= 11 is 23.8. The van der Waals surface area contributed by atoms with Crippen LogP contribution in [-0.4, -0.2) is 31.5 Å². The van der Waals surface area contributed by atoms with E-state index in [0.717, 1.165) is 0 Å². The van der Waals surface area contributed by atoms with Gasteiger partial charge in [0.15, 0.2) is 11.5 Å². The minimum absolute atomic E-state index is 0.164. The largest absolute Gasteiger partial charge is 0.493 e. The first-order valence-corrected chi connectivity index (χ1v) is 13.3. The first-order chi connectivity index (χ1) is 19.7. The summed E-state index contributed by atoms with van der Waals surface area (Å²) in [5.41, 5.74) is 3.14. The van der Waals surface area contributed by atoms with Gasteiger partial charge in [-0.3, -0.25) is 4.79 Å². The molecule has 0 spiro atoms. The average Bonchev–Trinajstić information content (AvgIpc) is 2.97. The first-order valence-electron chi connectivity index (χ1n) is 11.7. The number of halogens is 4. The van der Waals surface area contributed by atoms with Crippen LogP contribution in [0.25, 0.3) is 0 Å². The Morgan fingerprint density at radius 3 is 1.93 bits per heavy atom. The summed E-state index contributed by atoms with van der Waals surface area (Å²) < 4.78 is 22.2. The molecular formula is C29H20Cl4N2O6. The van der Waals surface area contributed by atoms with E-state index in [0.29, 0.717) is 32.1 Å². The fraction of sp³-hybridized carbons (Fsp3) is 0.0690. The molecule has 4 aromatic rings. The molecule has 0 aliphatic rings. The van der Waals surface area contributed by atoms with Crippen molar-refractivity contribution in [3.63, 3.8) is 0 Å². The normalized spacial score (nSPS) is 10.9. The number of ether oxygens (including phenoxy) is 4. The molecule has 0 unspecified atom stereocenters. The highest BCUT2D eigenvalue weighted by molar-refractivity contribution is 6.42. The van der Waals surface area contributed by atoms with E-state index in [-0.39, 0.29) is 22.1 Å². The summed E-state index contributed by atoms with van der Waals surface area (Å²) in [5.74, 6) is -0.221. The summed E-state index contributed by atoms with van der Waals surface area (Å²) in [6.07, 6.45) is -0.0284. The van der Waals surface area contributed by atoms with Gasteiger partial charge in [0.05, 0.1) is 28.9 Å². The van der Waals surface area contributed by atoms with E-state index >= 15 is 0 Å². The Morgan fingerprint density at radius 2 is 1.37 bits per heavy atom. The third-order valence-corrected chi connectivity index (χ3v) is 6.50. The third kappa shape index (κ3) is 8.52. The van der Waals surface area contributed by atoms with E-state index < -0.39 is 18.2 Å². The molecule has 0 aliphatic carbocycles. The van der Waals surface area contributed by atoms with Gasteiger partial charge in [0.1, 0.15) is 11.5 Å². The second-order valence-corrected chi connectivity index (χ2v) is 9.83. The molecule has 41 heavy (non-hydrogen) atoms. The van der Waals surface area contributed by atoms with Crippen molar-refractivity contribution in [2.24, 2.45) is 5.10 Å². The number of hydrogen-bond donors (Lipinski definition) is 1. The third-order valence-electron chi connectivity index (χ3n) is 5.26.